The number of para-hydroxylation sites is 1. The zero-order chi connectivity index (χ0) is 15.5. The van der Waals surface area contributed by atoms with Crippen molar-refractivity contribution in [1.29, 1.82) is 0 Å². The second kappa shape index (κ2) is 6.34. The molecule has 2 aromatic rings. The van der Waals surface area contributed by atoms with Gasteiger partial charge in [-0.1, -0.05) is 13.0 Å². The molecule has 116 valence electrons. The SMILES string of the molecule is CCCOc1cccc2c1nc(N)n2CCCS(C)(=O)=O. The van der Waals surface area contributed by atoms with Crippen LogP contribution in [0.3, 0.4) is 0 Å². The van der Waals surface area contributed by atoms with E-state index in [1.54, 1.807) is 0 Å². The standard InChI is InChI=1S/C14H21N3O3S/c1-3-9-20-12-7-4-6-11-13(12)16-14(15)17(11)8-5-10-21(2,18)19/h4,6-7H,3,5,8-10H2,1-2H3,(H2,15,16). The van der Waals surface area contributed by atoms with Crippen LogP contribution in [-0.4, -0.2) is 36.6 Å². The van der Waals surface area contributed by atoms with Crippen LogP contribution in [0.25, 0.3) is 11.0 Å². The summed E-state index contributed by atoms with van der Waals surface area (Å²) in [4.78, 5) is 4.35. The highest BCUT2D eigenvalue weighted by Gasteiger charge is 2.13. The molecule has 0 amide bonds. The van der Waals surface area contributed by atoms with E-state index < -0.39 is 9.84 Å². The van der Waals surface area contributed by atoms with Crippen LogP contribution in [0.2, 0.25) is 0 Å². The highest BCUT2D eigenvalue weighted by molar-refractivity contribution is 7.90. The number of sulfone groups is 1. The van der Waals surface area contributed by atoms with Crippen molar-refractivity contribution in [2.75, 3.05) is 24.3 Å². The zero-order valence-corrected chi connectivity index (χ0v) is 13.2. The molecule has 0 atom stereocenters. The Morgan fingerprint density at radius 2 is 2.14 bits per heavy atom. The summed E-state index contributed by atoms with van der Waals surface area (Å²) in [6.45, 7) is 3.19. The average molecular weight is 311 g/mol. The van der Waals surface area contributed by atoms with Gasteiger partial charge in [-0.05, 0) is 25.0 Å². The van der Waals surface area contributed by atoms with Gasteiger partial charge in [-0.25, -0.2) is 13.4 Å². The summed E-state index contributed by atoms with van der Waals surface area (Å²) in [6.07, 6.45) is 2.66. The summed E-state index contributed by atoms with van der Waals surface area (Å²) in [6, 6.07) is 5.67. The minimum atomic E-state index is -2.96. The number of hydrogen-bond donors (Lipinski definition) is 1. The summed E-state index contributed by atoms with van der Waals surface area (Å²) in [5, 5.41) is 0. The average Bonchev–Trinajstić information content (AvgIpc) is 2.72. The molecular weight excluding hydrogens is 290 g/mol. The fraction of sp³-hybridized carbons (Fsp3) is 0.500. The van der Waals surface area contributed by atoms with Crippen LogP contribution in [0.4, 0.5) is 5.95 Å². The molecule has 0 saturated heterocycles. The number of fused-ring (bicyclic) bond motifs is 1. The van der Waals surface area contributed by atoms with Gasteiger partial charge in [0, 0.05) is 12.8 Å². The molecule has 2 N–H and O–H groups in total. The summed E-state index contributed by atoms with van der Waals surface area (Å²) >= 11 is 0. The zero-order valence-electron chi connectivity index (χ0n) is 12.4. The lowest BCUT2D eigenvalue weighted by Crippen LogP contribution is -2.09. The molecule has 0 unspecified atom stereocenters. The minimum absolute atomic E-state index is 0.137. The molecule has 6 nitrogen and oxygen atoms in total. The molecule has 1 heterocycles. The van der Waals surface area contributed by atoms with E-state index >= 15 is 0 Å². The lowest BCUT2D eigenvalue weighted by Gasteiger charge is -2.07. The summed E-state index contributed by atoms with van der Waals surface area (Å²) in [7, 11) is -2.96. The molecule has 1 aromatic carbocycles. The van der Waals surface area contributed by atoms with Gasteiger partial charge in [-0.2, -0.15) is 0 Å². The fourth-order valence-electron chi connectivity index (χ4n) is 2.19. The third-order valence-corrected chi connectivity index (χ3v) is 4.16. The second-order valence-electron chi connectivity index (χ2n) is 5.08. The van der Waals surface area contributed by atoms with Crippen molar-refractivity contribution >= 4 is 26.8 Å². The molecule has 21 heavy (non-hydrogen) atoms. The van der Waals surface area contributed by atoms with Crippen LogP contribution in [0.1, 0.15) is 19.8 Å². The second-order valence-corrected chi connectivity index (χ2v) is 7.34. The molecule has 1 aromatic heterocycles. The fourth-order valence-corrected chi connectivity index (χ4v) is 2.84. The maximum absolute atomic E-state index is 11.2. The van der Waals surface area contributed by atoms with Gasteiger partial charge < -0.3 is 15.0 Å². The lowest BCUT2D eigenvalue weighted by molar-refractivity contribution is 0.320. The first-order chi connectivity index (χ1) is 9.92. The van der Waals surface area contributed by atoms with E-state index in [1.807, 2.05) is 29.7 Å². The number of benzene rings is 1. The van der Waals surface area contributed by atoms with E-state index in [4.69, 9.17) is 10.5 Å². The van der Waals surface area contributed by atoms with Crippen molar-refractivity contribution in [3.05, 3.63) is 18.2 Å². The van der Waals surface area contributed by atoms with E-state index in [0.717, 1.165) is 17.5 Å². The number of nitrogens with zero attached hydrogens (tertiary/aromatic N) is 2. The maximum Gasteiger partial charge on any atom is 0.201 e. The first-order valence-electron chi connectivity index (χ1n) is 6.97. The largest absolute Gasteiger partial charge is 0.491 e. The van der Waals surface area contributed by atoms with E-state index in [2.05, 4.69) is 4.98 Å². The summed E-state index contributed by atoms with van der Waals surface area (Å²) < 4.78 is 29.9. The first kappa shape index (κ1) is 15.6. The van der Waals surface area contributed by atoms with Crippen LogP contribution < -0.4 is 10.5 Å². The van der Waals surface area contributed by atoms with Crippen LogP contribution in [0.5, 0.6) is 5.75 Å². The predicted molar refractivity (Wildman–Crippen MR) is 84.3 cm³/mol. The Morgan fingerprint density at radius 3 is 2.81 bits per heavy atom. The Bertz CT molecular complexity index is 722. The van der Waals surface area contributed by atoms with Crippen molar-refractivity contribution < 1.29 is 13.2 Å². The Balaban J connectivity index is 2.26. The molecular formula is C14H21N3O3S. The lowest BCUT2D eigenvalue weighted by atomic mass is 10.3. The van der Waals surface area contributed by atoms with Crippen molar-refractivity contribution in [1.82, 2.24) is 9.55 Å². The number of anilines is 1. The normalized spacial score (nSPS) is 11.9. The van der Waals surface area contributed by atoms with Gasteiger partial charge in [0.25, 0.3) is 0 Å². The molecule has 7 heteroatoms. The Kier molecular flexibility index (Phi) is 4.72. The Hall–Kier alpha value is -1.76. The predicted octanol–water partition coefficient (Wildman–Crippen LogP) is 1.84. The van der Waals surface area contributed by atoms with Crippen molar-refractivity contribution in [2.24, 2.45) is 0 Å². The molecule has 0 spiro atoms. The number of aromatic nitrogens is 2. The molecule has 0 fully saturated rings. The summed E-state index contributed by atoms with van der Waals surface area (Å²) in [5.41, 5.74) is 7.54. The molecule has 0 saturated carbocycles. The highest BCUT2D eigenvalue weighted by atomic mass is 32.2. The van der Waals surface area contributed by atoms with Crippen molar-refractivity contribution in [2.45, 2.75) is 26.3 Å². The van der Waals surface area contributed by atoms with E-state index in [1.165, 1.54) is 6.26 Å². The monoisotopic (exact) mass is 311 g/mol. The van der Waals surface area contributed by atoms with Gasteiger partial charge in [-0.15, -0.1) is 0 Å². The molecule has 0 aliphatic rings. The Labute approximate surface area is 124 Å². The van der Waals surface area contributed by atoms with Crippen LogP contribution in [0.15, 0.2) is 18.2 Å². The van der Waals surface area contributed by atoms with Crippen LogP contribution in [-0.2, 0) is 16.4 Å². The highest BCUT2D eigenvalue weighted by Crippen LogP contribution is 2.27. The molecule has 0 radical (unpaired) electrons. The third kappa shape index (κ3) is 3.87. The molecule has 0 aliphatic carbocycles. The minimum Gasteiger partial charge on any atom is -0.491 e. The van der Waals surface area contributed by atoms with Gasteiger partial charge in [0.1, 0.15) is 21.1 Å². The quantitative estimate of drug-likeness (QED) is 0.843. The van der Waals surface area contributed by atoms with Crippen molar-refractivity contribution in [3.63, 3.8) is 0 Å². The van der Waals surface area contributed by atoms with Gasteiger partial charge >= 0.3 is 0 Å². The topological polar surface area (TPSA) is 87.2 Å². The van der Waals surface area contributed by atoms with E-state index in [0.29, 0.717) is 31.3 Å². The van der Waals surface area contributed by atoms with Crippen molar-refractivity contribution in [3.8, 4) is 5.75 Å². The van der Waals surface area contributed by atoms with Gasteiger partial charge in [0.2, 0.25) is 5.95 Å². The number of hydrogen-bond acceptors (Lipinski definition) is 5. The van der Waals surface area contributed by atoms with E-state index in [-0.39, 0.29) is 5.75 Å². The number of rotatable bonds is 7. The first-order valence-corrected chi connectivity index (χ1v) is 9.03. The molecule has 0 bridgehead atoms. The third-order valence-electron chi connectivity index (χ3n) is 3.13. The molecule has 2 rings (SSSR count). The number of nitrogens with two attached hydrogens (primary N) is 1. The van der Waals surface area contributed by atoms with Gasteiger partial charge in [0.15, 0.2) is 0 Å². The van der Waals surface area contributed by atoms with Crippen LogP contribution >= 0.6 is 0 Å². The number of ether oxygens (including phenoxy) is 1. The van der Waals surface area contributed by atoms with Gasteiger partial charge in [0.05, 0.1) is 17.9 Å². The van der Waals surface area contributed by atoms with Crippen LogP contribution in [0, 0.1) is 0 Å². The van der Waals surface area contributed by atoms with Gasteiger partial charge in [-0.3, -0.25) is 0 Å². The number of imidazole rings is 1. The smallest absolute Gasteiger partial charge is 0.201 e. The molecule has 0 aliphatic heterocycles. The Morgan fingerprint density at radius 1 is 1.38 bits per heavy atom. The number of nitrogen functional groups attached to an aromatic ring is 1. The summed E-state index contributed by atoms with van der Waals surface area (Å²) in [5.74, 6) is 1.23. The maximum atomic E-state index is 11.2. The number of aryl methyl sites for hydroxylation is 1. The van der Waals surface area contributed by atoms with E-state index in [9.17, 15) is 8.42 Å².